The summed E-state index contributed by atoms with van der Waals surface area (Å²) in [5, 5.41) is 20.3. The van der Waals surface area contributed by atoms with Crippen molar-refractivity contribution >= 4 is 105 Å². The Morgan fingerprint density at radius 2 is 0.786 bits per heavy atom. The zero-order chi connectivity index (χ0) is 73.7. The lowest BCUT2D eigenvalue weighted by atomic mass is 9.96. The fourth-order valence-corrected chi connectivity index (χ4v) is 17.2. The van der Waals surface area contributed by atoms with Gasteiger partial charge in [-0.1, -0.05) is 315 Å². The van der Waals surface area contributed by atoms with Crippen LogP contribution in [-0.4, -0.2) is 26.6 Å². The highest BCUT2D eigenvalue weighted by Crippen LogP contribution is 2.47. The summed E-state index contributed by atoms with van der Waals surface area (Å²) in [6.07, 6.45) is -1.18. The molecule has 0 saturated carbocycles. The van der Waals surface area contributed by atoms with Gasteiger partial charge in [0, 0.05) is 76.5 Å². The number of furan rings is 2. The molecule has 10 nitrogen and oxygen atoms in total. The number of nitrogens with zero attached hydrogens (tertiary/aromatic N) is 5. The Morgan fingerprint density at radius 1 is 0.277 bits per heavy atom. The van der Waals surface area contributed by atoms with Crippen LogP contribution in [0, 0.1) is 0 Å². The van der Waals surface area contributed by atoms with Gasteiger partial charge in [0.25, 0.3) is 0 Å². The summed E-state index contributed by atoms with van der Waals surface area (Å²) in [6.45, 7) is 0. The molecule has 3 unspecified atom stereocenters. The van der Waals surface area contributed by atoms with Crippen LogP contribution < -0.4 is 16.0 Å². The van der Waals surface area contributed by atoms with Crippen molar-refractivity contribution in [1.29, 1.82) is 0 Å². The second-order valence-corrected chi connectivity index (χ2v) is 29.0. The molecule has 0 fully saturated rings. The van der Waals surface area contributed by atoms with Gasteiger partial charge in [0.1, 0.15) is 46.9 Å². The van der Waals surface area contributed by atoms with Crippen molar-refractivity contribution in [1.82, 2.24) is 25.1 Å². The maximum atomic E-state index is 7.49. The van der Waals surface area contributed by atoms with E-state index in [4.69, 9.17) is 23.8 Å². The SMILES string of the molecule is c1ccc(C2=NC(c3ccccc3-n3c4ccccc4c4ccc5c6cccc(-c7cccc(-c8cccc(C9=NC(c%10ccccc%10-n%10c%11ccccc%11c%11c%12c(ccc%11%10)oc%10c(-c%11ccccc%11)cccc%10%12)=NC(c%10ccc(-c%11ccccc%11)cc%10)N9)c8)c7)c6oc5c43)NC(c3ccc(-c4ccccc4)cc3)N2)cc1. The molecule has 528 valence electrons. The van der Waals surface area contributed by atoms with E-state index in [1.807, 2.05) is 6.07 Å². The third-order valence-electron chi connectivity index (χ3n) is 22.5. The van der Waals surface area contributed by atoms with Crippen LogP contribution in [-0.2, 0) is 0 Å². The van der Waals surface area contributed by atoms with E-state index in [1.54, 1.807) is 0 Å². The predicted molar refractivity (Wildman–Crippen MR) is 460 cm³/mol. The number of nitrogens with one attached hydrogen (secondary N) is 3. The molecular formula is C102H68N8O2. The van der Waals surface area contributed by atoms with E-state index in [1.165, 1.54) is 5.56 Å². The van der Waals surface area contributed by atoms with Crippen molar-refractivity contribution in [3.8, 4) is 67.0 Å². The number of hydrogen-bond acceptors (Lipinski definition) is 8. The van der Waals surface area contributed by atoms with Gasteiger partial charge >= 0.3 is 0 Å². The molecule has 0 saturated heterocycles. The Labute approximate surface area is 644 Å². The summed E-state index contributed by atoms with van der Waals surface area (Å²) >= 11 is 0. The maximum absolute atomic E-state index is 7.49. The van der Waals surface area contributed by atoms with Crippen molar-refractivity contribution in [3.05, 3.63) is 409 Å². The average Bonchev–Trinajstić information content (AvgIpc) is 1.55. The van der Waals surface area contributed by atoms with Crippen molar-refractivity contribution in [2.75, 3.05) is 0 Å². The summed E-state index contributed by atoms with van der Waals surface area (Å²) in [4.78, 5) is 16.7. The van der Waals surface area contributed by atoms with Gasteiger partial charge in [-0.15, -0.1) is 0 Å². The molecule has 20 aromatic rings. The van der Waals surface area contributed by atoms with E-state index in [9.17, 15) is 0 Å². The highest BCUT2D eigenvalue weighted by atomic mass is 16.3. The van der Waals surface area contributed by atoms with Crippen molar-refractivity contribution in [2.24, 2.45) is 15.0 Å². The van der Waals surface area contributed by atoms with Gasteiger partial charge in [0.2, 0.25) is 0 Å². The molecule has 112 heavy (non-hydrogen) atoms. The molecule has 3 N–H and O–H groups in total. The Kier molecular flexibility index (Phi) is 15.3. The molecule has 0 bridgehead atoms. The Morgan fingerprint density at radius 3 is 1.51 bits per heavy atom. The molecule has 0 radical (unpaired) electrons. The van der Waals surface area contributed by atoms with Crippen LogP contribution >= 0.6 is 0 Å². The van der Waals surface area contributed by atoms with Gasteiger partial charge in [-0.2, -0.15) is 0 Å². The number of rotatable bonds is 13. The molecule has 2 aliphatic heterocycles. The molecule has 10 heteroatoms. The van der Waals surface area contributed by atoms with Crippen LogP contribution in [0.1, 0.15) is 51.9 Å². The number of aliphatic imine (C=N–C) groups is 3. The Bertz CT molecular complexity index is 7220. The molecule has 0 amide bonds. The number of amidine groups is 3. The van der Waals surface area contributed by atoms with Gasteiger partial charge in [-0.25, -0.2) is 15.0 Å². The van der Waals surface area contributed by atoms with Gasteiger partial charge < -0.3 is 28.6 Å². The first-order chi connectivity index (χ1) is 55.5. The molecule has 6 heterocycles. The lowest BCUT2D eigenvalue weighted by Crippen LogP contribution is -2.45. The molecule has 2 aliphatic rings. The average molecular weight is 1440 g/mol. The quantitative estimate of drug-likeness (QED) is 0.107. The standard InChI is InChI=1S/C102H68N8O2/c1-5-25-63(26-6-1)65-49-53-69(54-50-65)98-103-97(68-31-11-4-12-32-68)105-102(106-98)83-40-16-20-48-88(83)110-85-45-17-13-37-77(85)78-57-58-80-79-43-23-42-76(94(79)112-96(80)93(78)110)73-35-21-33-71(61-73)72-34-22-36-74(62-72)100-104-99(70-55-51-66(52-56-70)64-27-7-2-8-28-64)107-101(108-100)82-39-15-19-47-87(82)109-86-46-18-14-38-81(86)91-89(109)59-60-90-92(91)84-44-24-41-75(95(84)111-90)67-29-9-3-10-30-67/h1-62,98-99,102,106H,(H,103,105)(H,104,107,108). The Balaban J connectivity index is 0.641. The molecular weight excluding hydrogens is 1370 g/mol. The third kappa shape index (κ3) is 10.9. The second kappa shape index (κ2) is 26.6. The first-order valence-electron chi connectivity index (χ1n) is 38.1. The lowest BCUT2D eigenvalue weighted by Gasteiger charge is -2.33. The summed E-state index contributed by atoms with van der Waals surface area (Å²) in [5.41, 5.74) is 26.4. The van der Waals surface area contributed by atoms with Crippen LogP contribution in [0.25, 0.3) is 154 Å². The summed E-state index contributed by atoms with van der Waals surface area (Å²) in [6, 6.07) is 134. The van der Waals surface area contributed by atoms with Gasteiger partial charge in [-0.3, -0.25) is 5.32 Å². The first kappa shape index (κ1) is 64.5. The molecule has 16 aromatic carbocycles. The number of fused-ring (bicyclic) bond motifs is 14. The minimum absolute atomic E-state index is 0.255. The van der Waals surface area contributed by atoms with Crippen molar-refractivity contribution in [2.45, 2.75) is 18.5 Å². The number of benzene rings is 16. The smallest absolute Gasteiger partial charge is 0.161 e. The molecule has 3 atom stereocenters. The van der Waals surface area contributed by atoms with Crippen molar-refractivity contribution < 1.29 is 8.83 Å². The highest BCUT2D eigenvalue weighted by molar-refractivity contribution is 6.29. The normalized spacial score (nSPS) is 15.1. The van der Waals surface area contributed by atoms with Gasteiger partial charge in [-0.05, 0) is 116 Å². The summed E-state index contributed by atoms with van der Waals surface area (Å²) in [7, 11) is 0. The minimum atomic E-state index is -0.487. The lowest BCUT2D eigenvalue weighted by molar-refractivity contribution is 0.408. The van der Waals surface area contributed by atoms with Gasteiger partial charge in [0.05, 0.1) is 33.4 Å². The highest BCUT2D eigenvalue weighted by Gasteiger charge is 2.31. The molecule has 0 spiro atoms. The van der Waals surface area contributed by atoms with E-state index in [-0.39, 0.29) is 6.17 Å². The number of hydrogen-bond donors (Lipinski definition) is 3. The maximum Gasteiger partial charge on any atom is 0.161 e. The topological polar surface area (TPSA) is 109 Å². The second-order valence-electron chi connectivity index (χ2n) is 29.0. The van der Waals surface area contributed by atoms with E-state index in [0.29, 0.717) is 11.7 Å². The van der Waals surface area contributed by atoms with Crippen LogP contribution in [0.15, 0.2) is 400 Å². The van der Waals surface area contributed by atoms with E-state index in [2.05, 4.69) is 395 Å². The summed E-state index contributed by atoms with van der Waals surface area (Å²) < 4.78 is 19.2. The summed E-state index contributed by atoms with van der Waals surface area (Å²) in [5.74, 6) is 2.14. The molecule has 22 rings (SSSR count). The van der Waals surface area contributed by atoms with Crippen LogP contribution in [0.4, 0.5) is 0 Å². The number of para-hydroxylation sites is 6. The fourth-order valence-electron chi connectivity index (χ4n) is 17.2. The monoisotopic (exact) mass is 1440 g/mol. The van der Waals surface area contributed by atoms with Crippen LogP contribution in [0.2, 0.25) is 0 Å². The Hall–Kier alpha value is -14.7. The van der Waals surface area contributed by atoms with Crippen LogP contribution in [0.3, 0.4) is 0 Å². The van der Waals surface area contributed by atoms with Crippen molar-refractivity contribution in [3.63, 3.8) is 0 Å². The van der Waals surface area contributed by atoms with E-state index < -0.39 is 12.3 Å². The first-order valence-corrected chi connectivity index (χ1v) is 38.1. The molecule has 4 aromatic heterocycles. The number of aromatic nitrogens is 2. The predicted octanol–water partition coefficient (Wildman–Crippen LogP) is 24.8. The minimum Gasteiger partial charge on any atom is -0.455 e. The zero-order valence-electron chi connectivity index (χ0n) is 60.6. The molecule has 0 aliphatic carbocycles. The van der Waals surface area contributed by atoms with Gasteiger partial charge in [0.15, 0.2) is 11.4 Å². The largest absolute Gasteiger partial charge is 0.455 e. The van der Waals surface area contributed by atoms with E-state index >= 15 is 0 Å². The third-order valence-corrected chi connectivity index (χ3v) is 22.5. The zero-order valence-corrected chi connectivity index (χ0v) is 60.6. The fraction of sp³-hybridized carbons (Fsp3) is 0.0294. The van der Waals surface area contributed by atoms with E-state index in [0.717, 1.165) is 188 Å². The van der Waals surface area contributed by atoms with Crippen LogP contribution in [0.5, 0.6) is 0 Å².